The molecule has 0 radical (unpaired) electrons. The summed E-state index contributed by atoms with van der Waals surface area (Å²) < 4.78 is 11.0. The van der Waals surface area contributed by atoms with Crippen LogP contribution in [0.5, 0.6) is 0 Å². The summed E-state index contributed by atoms with van der Waals surface area (Å²) in [6.07, 6.45) is 3.17. The van der Waals surface area contributed by atoms with Crippen molar-refractivity contribution in [3.63, 3.8) is 0 Å². The Morgan fingerprint density at radius 3 is 2.94 bits per heavy atom. The molecular weight excluding hydrogens is 232 g/mol. The van der Waals surface area contributed by atoms with E-state index in [1.807, 2.05) is 20.8 Å². The number of hydrogen-bond donors (Lipinski definition) is 1. The third kappa shape index (κ3) is 3.27. The first-order chi connectivity index (χ1) is 8.46. The van der Waals surface area contributed by atoms with Crippen LogP contribution < -0.4 is 5.32 Å². The molecule has 0 bridgehead atoms. The fourth-order valence-corrected chi connectivity index (χ4v) is 1.85. The van der Waals surface area contributed by atoms with Gasteiger partial charge in [-0.25, -0.2) is 0 Å². The van der Waals surface area contributed by atoms with E-state index < -0.39 is 5.79 Å². The van der Waals surface area contributed by atoms with Crippen LogP contribution in [-0.4, -0.2) is 35.9 Å². The molecular formula is C13H18N2O3. The SMILES string of the molecule is Cc1cncc(C(=O)NCC2COC(C)(C)O2)c1. The van der Waals surface area contributed by atoms with Crippen LogP contribution in [0.25, 0.3) is 0 Å². The largest absolute Gasteiger partial charge is 0.349 e. The van der Waals surface area contributed by atoms with Gasteiger partial charge in [0, 0.05) is 18.9 Å². The molecule has 1 atom stereocenters. The van der Waals surface area contributed by atoms with Crippen molar-refractivity contribution < 1.29 is 14.3 Å². The predicted octanol–water partition coefficient (Wildman–Crippen LogP) is 1.27. The minimum atomic E-state index is -0.555. The number of carbonyl (C=O) groups excluding carboxylic acids is 1. The Kier molecular flexibility index (Phi) is 3.63. The van der Waals surface area contributed by atoms with Crippen molar-refractivity contribution >= 4 is 5.91 Å². The highest BCUT2D eigenvalue weighted by Gasteiger charge is 2.32. The van der Waals surface area contributed by atoms with E-state index in [-0.39, 0.29) is 12.0 Å². The van der Waals surface area contributed by atoms with Crippen molar-refractivity contribution in [2.75, 3.05) is 13.2 Å². The zero-order valence-electron chi connectivity index (χ0n) is 10.9. The quantitative estimate of drug-likeness (QED) is 0.877. The molecule has 1 fully saturated rings. The average Bonchev–Trinajstić information content (AvgIpc) is 2.66. The number of pyridine rings is 1. The molecule has 1 amide bonds. The van der Waals surface area contributed by atoms with Crippen LogP contribution in [0.4, 0.5) is 0 Å². The van der Waals surface area contributed by atoms with Gasteiger partial charge < -0.3 is 14.8 Å². The van der Waals surface area contributed by atoms with Crippen LogP contribution in [0.1, 0.15) is 29.8 Å². The summed E-state index contributed by atoms with van der Waals surface area (Å²) in [7, 11) is 0. The summed E-state index contributed by atoms with van der Waals surface area (Å²) in [4.78, 5) is 15.9. The topological polar surface area (TPSA) is 60.5 Å². The van der Waals surface area contributed by atoms with Gasteiger partial charge in [0.25, 0.3) is 5.91 Å². The molecule has 2 rings (SSSR count). The molecule has 1 unspecified atom stereocenters. The highest BCUT2D eigenvalue weighted by Crippen LogP contribution is 2.21. The maximum Gasteiger partial charge on any atom is 0.252 e. The van der Waals surface area contributed by atoms with Crippen molar-refractivity contribution in [2.24, 2.45) is 0 Å². The van der Waals surface area contributed by atoms with E-state index in [0.29, 0.717) is 18.7 Å². The molecule has 5 nitrogen and oxygen atoms in total. The number of rotatable bonds is 3. The summed E-state index contributed by atoms with van der Waals surface area (Å²) in [6, 6.07) is 1.80. The minimum absolute atomic E-state index is 0.0956. The summed E-state index contributed by atoms with van der Waals surface area (Å²) >= 11 is 0. The lowest BCUT2D eigenvalue weighted by Crippen LogP contribution is -2.34. The Hall–Kier alpha value is -1.46. The molecule has 5 heteroatoms. The average molecular weight is 250 g/mol. The highest BCUT2D eigenvalue weighted by atomic mass is 16.7. The third-order valence-corrected chi connectivity index (χ3v) is 2.69. The van der Waals surface area contributed by atoms with Crippen molar-refractivity contribution in [1.29, 1.82) is 0 Å². The Labute approximate surface area is 107 Å². The Morgan fingerprint density at radius 1 is 1.56 bits per heavy atom. The molecule has 1 aromatic heterocycles. The van der Waals surface area contributed by atoms with Gasteiger partial charge in [0.05, 0.1) is 12.2 Å². The van der Waals surface area contributed by atoms with Crippen LogP contribution in [-0.2, 0) is 9.47 Å². The second kappa shape index (κ2) is 5.04. The number of carbonyl (C=O) groups is 1. The Bertz CT molecular complexity index is 446. The molecule has 1 aliphatic rings. The lowest BCUT2D eigenvalue weighted by atomic mass is 10.2. The summed E-state index contributed by atoms with van der Waals surface area (Å²) in [5.41, 5.74) is 1.53. The molecule has 0 saturated carbocycles. The van der Waals surface area contributed by atoms with Gasteiger partial charge in [-0.1, -0.05) is 0 Å². The number of amides is 1. The van der Waals surface area contributed by atoms with Crippen LogP contribution in [0.2, 0.25) is 0 Å². The van der Waals surface area contributed by atoms with E-state index in [4.69, 9.17) is 9.47 Å². The van der Waals surface area contributed by atoms with E-state index in [1.165, 1.54) is 0 Å². The van der Waals surface area contributed by atoms with Crippen LogP contribution in [0, 0.1) is 6.92 Å². The highest BCUT2D eigenvalue weighted by molar-refractivity contribution is 5.93. The number of nitrogens with zero attached hydrogens (tertiary/aromatic N) is 1. The van der Waals surface area contributed by atoms with Crippen molar-refractivity contribution in [1.82, 2.24) is 10.3 Å². The normalized spacial score (nSPS) is 21.8. The van der Waals surface area contributed by atoms with Gasteiger partial charge >= 0.3 is 0 Å². The zero-order valence-corrected chi connectivity index (χ0v) is 10.9. The molecule has 0 spiro atoms. The predicted molar refractivity (Wildman–Crippen MR) is 66.2 cm³/mol. The lowest BCUT2D eigenvalue weighted by molar-refractivity contribution is -0.137. The number of nitrogens with one attached hydrogen (secondary N) is 1. The second-order valence-corrected chi connectivity index (χ2v) is 4.91. The Balaban J connectivity index is 1.86. The van der Waals surface area contributed by atoms with E-state index in [0.717, 1.165) is 5.56 Å². The van der Waals surface area contributed by atoms with Crippen LogP contribution in [0.3, 0.4) is 0 Å². The molecule has 1 aromatic rings. The summed E-state index contributed by atoms with van der Waals surface area (Å²) in [5.74, 6) is -0.695. The Morgan fingerprint density at radius 2 is 2.33 bits per heavy atom. The molecule has 2 heterocycles. The third-order valence-electron chi connectivity index (χ3n) is 2.69. The van der Waals surface area contributed by atoms with Gasteiger partial charge in [-0.2, -0.15) is 0 Å². The summed E-state index contributed by atoms with van der Waals surface area (Å²) in [6.45, 7) is 6.56. The number of ether oxygens (including phenoxy) is 2. The molecule has 0 aromatic carbocycles. The van der Waals surface area contributed by atoms with Gasteiger partial charge in [0.2, 0.25) is 0 Å². The van der Waals surface area contributed by atoms with Crippen LogP contribution in [0.15, 0.2) is 18.5 Å². The van der Waals surface area contributed by atoms with Gasteiger partial charge in [-0.3, -0.25) is 9.78 Å². The van der Waals surface area contributed by atoms with E-state index >= 15 is 0 Å². The molecule has 18 heavy (non-hydrogen) atoms. The standard InChI is InChI=1S/C13H18N2O3/c1-9-4-10(6-14-5-9)12(16)15-7-11-8-17-13(2,3)18-11/h4-6,11H,7-8H2,1-3H3,(H,15,16). The first kappa shape index (κ1) is 13.0. The molecule has 1 saturated heterocycles. The molecule has 98 valence electrons. The lowest BCUT2D eigenvalue weighted by Gasteiger charge is -2.17. The van der Waals surface area contributed by atoms with E-state index in [1.54, 1.807) is 18.5 Å². The monoisotopic (exact) mass is 250 g/mol. The fraction of sp³-hybridized carbons (Fsp3) is 0.538. The first-order valence-corrected chi connectivity index (χ1v) is 5.98. The van der Waals surface area contributed by atoms with E-state index in [2.05, 4.69) is 10.3 Å². The number of aryl methyl sites for hydroxylation is 1. The second-order valence-electron chi connectivity index (χ2n) is 4.91. The van der Waals surface area contributed by atoms with Gasteiger partial charge in [-0.05, 0) is 32.4 Å². The number of aromatic nitrogens is 1. The molecule has 0 aliphatic carbocycles. The van der Waals surface area contributed by atoms with Crippen LogP contribution >= 0.6 is 0 Å². The zero-order chi connectivity index (χ0) is 13.2. The first-order valence-electron chi connectivity index (χ1n) is 5.98. The minimum Gasteiger partial charge on any atom is -0.349 e. The maximum absolute atomic E-state index is 11.9. The number of hydrogen-bond acceptors (Lipinski definition) is 4. The van der Waals surface area contributed by atoms with Gasteiger partial charge in [-0.15, -0.1) is 0 Å². The smallest absolute Gasteiger partial charge is 0.252 e. The van der Waals surface area contributed by atoms with Gasteiger partial charge in [0.15, 0.2) is 5.79 Å². The van der Waals surface area contributed by atoms with Crippen molar-refractivity contribution in [2.45, 2.75) is 32.7 Å². The maximum atomic E-state index is 11.9. The van der Waals surface area contributed by atoms with Gasteiger partial charge in [0.1, 0.15) is 6.10 Å². The molecule has 1 N–H and O–H groups in total. The van der Waals surface area contributed by atoms with Crippen molar-refractivity contribution in [3.05, 3.63) is 29.6 Å². The fourth-order valence-electron chi connectivity index (χ4n) is 1.85. The summed E-state index contributed by atoms with van der Waals surface area (Å²) in [5, 5.41) is 2.82. The molecule has 1 aliphatic heterocycles. The van der Waals surface area contributed by atoms with Crippen molar-refractivity contribution in [3.8, 4) is 0 Å². The van der Waals surface area contributed by atoms with E-state index in [9.17, 15) is 4.79 Å².